The van der Waals surface area contributed by atoms with Crippen LogP contribution in [0.3, 0.4) is 0 Å². The number of hydrogen-bond donors (Lipinski definition) is 1. The van der Waals surface area contributed by atoms with Crippen LogP contribution in [0.1, 0.15) is 96.5 Å². The minimum Gasteiger partial charge on any atom is -0.370 e. The van der Waals surface area contributed by atoms with Gasteiger partial charge >= 0.3 is 0 Å². The Hall–Kier alpha value is -1.51. The second kappa shape index (κ2) is 9.10. The standard InChI is InChI=1S/C26H40N2O/c1-3-4-16-28-19-26(2,18-20-10-8-9-11-20)23-15-14-22(17-24(23)28)27-25(29)21-12-6-5-7-13-21/h14-15,17,20-21H,3-13,16,18-19H2,1-2H3,(H,27,29). The van der Waals surface area contributed by atoms with Crippen molar-refractivity contribution in [2.45, 2.75) is 96.3 Å². The Balaban J connectivity index is 1.53. The molecule has 2 aliphatic carbocycles. The first-order valence-electron chi connectivity index (χ1n) is 12.3. The number of carbonyl (C=O) groups excluding carboxylic acids is 1. The van der Waals surface area contributed by atoms with Crippen LogP contribution in [-0.2, 0) is 10.2 Å². The predicted octanol–water partition coefficient (Wildman–Crippen LogP) is 6.66. The van der Waals surface area contributed by atoms with Crippen molar-refractivity contribution in [1.29, 1.82) is 0 Å². The van der Waals surface area contributed by atoms with E-state index in [1.54, 1.807) is 0 Å². The van der Waals surface area contributed by atoms with Crippen LogP contribution in [0.15, 0.2) is 18.2 Å². The normalized spacial score (nSPS) is 25.4. The van der Waals surface area contributed by atoms with Crippen molar-refractivity contribution >= 4 is 17.3 Å². The topological polar surface area (TPSA) is 32.3 Å². The molecular weight excluding hydrogens is 356 g/mol. The molecule has 1 heterocycles. The highest BCUT2D eigenvalue weighted by molar-refractivity contribution is 5.93. The van der Waals surface area contributed by atoms with Gasteiger partial charge in [0.15, 0.2) is 0 Å². The maximum absolute atomic E-state index is 12.8. The molecule has 0 bridgehead atoms. The van der Waals surface area contributed by atoms with Gasteiger partial charge in [-0.2, -0.15) is 0 Å². The minimum atomic E-state index is 0.209. The molecule has 160 valence electrons. The summed E-state index contributed by atoms with van der Waals surface area (Å²) in [5, 5.41) is 3.25. The summed E-state index contributed by atoms with van der Waals surface area (Å²) in [6.07, 6.45) is 15.2. The fourth-order valence-corrected chi connectivity index (χ4v) is 6.16. The van der Waals surface area contributed by atoms with Crippen LogP contribution in [-0.4, -0.2) is 19.0 Å². The molecule has 3 nitrogen and oxygen atoms in total. The number of amides is 1. The van der Waals surface area contributed by atoms with Gasteiger partial charge in [-0.1, -0.05) is 71.3 Å². The van der Waals surface area contributed by atoms with Crippen LogP contribution >= 0.6 is 0 Å². The second-order valence-corrected chi connectivity index (χ2v) is 10.2. The largest absolute Gasteiger partial charge is 0.370 e. The summed E-state index contributed by atoms with van der Waals surface area (Å²) >= 11 is 0. The molecule has 0 saturated heterocycles. The first-order chi connectivity index (χ1) is 14.1. The van der Waals surface area contributed by atoms with Crippen LogP contribution in [0.5, 0.6) is 0 Å². The van der Waals surface area contributed by atoms with Gasteiger partial charge in [0, 0.05) is 35.8 Å². The van der Waals surface area contributed by atoms with Gasteiger partial charge in [-0.3, -0.25) is 4.79 Å². The lowest BCUT2D eigenvalue weighted by molar-refractivity contribution is -0.120. The van der Waals surface area contributed by atoms with Crippen LogP contribution < -0.4 is 10.2 Å². The molecule has 2 fully saturated rings. The van der Waals surface area contributed by atoms with E-state index in [0.717, 1.165) is 37.5 Å². The highest BCUT2D eigenvalue weighted by atomic mass is 16.1. The number of hydrogen-bond acceptors (Lipinski definition) is 2. The lowest BCUT2D eigenvalue weighted by Gasteiger charge is -2.29. The van der Waals surface area contributed by atoms with Crippen molar-refractivity contribution in [2.75, 3.05) is 23.3 Å². The lowest BCUT2D eigenvalue weighted by atomic mass is 9.76. The first kappa shape index (κ1) is 20.8. The molecule has 1 unspecified atom stereocenters. The number of unbranched alkanes of at least 4 members (excludes halogenated alkanes) is 1. The van der Waals surface area contributed by atoms with Crippen molar-refractivity contribution < 1.29 is 4.79 Å². The summed E-state index contributed by atoms with van der Waals surface area (Å²) in [6, 6.07) is 6.76. The molecule has 2 saturated carbocycles. The van der Waals surface area contributed by atoms with E-state index in [4.69, 9.17) is 0 Å². The Bertz CT molecular complexity index is 703. The van der Waals surface area contributed by atoms with Crippen molar-refractivity contribution in [1.82, 2.24) is 0 Å². The maximum Gasteiger partial charge on any atom is 0.227 e. The van der Waals surface area contributed by atoms with Gasteiger partial charge < -0.3 is 10.2 Å². The summed E-state index contributed by atoms with van der Waals surface area (Å²) in [5.74, 6) is 1.34. The molecule has 0 spiro atoms. The lowest BCUT2D eigenvalue weighted by Crippen LogP contribution is -2.33. The molecule has 1 aliphatic heterocycles. The number of anilines is 2. The second-order valence-electron chi connectivity index (χ2n) is 10.2. The molecule has 3 aliphatic rings. The predicted molar refractivity (Wildman–Crippen MR) is 123 cm³/mol. The molecule has 3 heteroatoms. The highest BCUT2D eigenvalue weighted by Crippen LogP contribution is 2.47. The van der Waals surface area contributed by atoms with Crippen LogP contribution in [0.4, 0.5) is 11.4 Å². The van der Waals surface area contributed by atoms with Gasteiger partial charge in [0.05, 0.1) is 0 Å². The Kier molecular flexibility index (Phi) is 6.51. The number of benzene rings is 1. The Morgan fingerprint density at radius 2 is 1.83 bits per heavy atom. The van der Waals surface area contributed by atoms with Gasteiger partial charge in [-0.25, -0.2) is 0 Å². The van der Waals surface area contributed by atoms with Crippen molar-refractivity contribution in [2.24, 2.45) is 11.8 Å². The summed E-state index contributed by atoms with van der Waals surface area (Å²) in [6.45, 7) is 7.02. The molecular formula is C26H40N2O. The summed E-state index contributed by atoms with van der Waals surface area (Å²) < 4.78 is 0. The Morgan fingerprint density at radius 3 is 2.55 bits per heavy atom. The van der Waals surface area contributed by atoms with Crippen LogP contribution in [0.2, 0.25) is 0 Å². The minimum absolute atomic E-state index is 0.209. The number of nitrogens with zero attached hydrogens (tertiary/aromatic N) is 1. The summed E-state index contributed by atoms with van der Waals surface area (Å²) in [5.41, 5.74) is 4.13. The van der Waals surface area contributed by atoms with Crippen molar-refractivity contribution in [3.63, 3.8) is 0 Å². The van der Waals surface area contributed by atoms with E-state index in [0.29, 0.717) is 0 Å². The molecule has 0 aromatic heterocycles. The Morgan fingerprint density at radius 1 is 1.10 bits per heavy atom. The first-order valence-corrected chi connectivity index (χ1v) is 12.3. The maximum atomic E-state index is 12.8. The molecule has 4 rings (SSSR count). The zero-order valence-electron chi connectivity index (χ0n) is 18.6. The fourth-order valence-electron chi connectivity index (χ4n) is 6.16. The molecule has 1 N–H and O–H groups in total. The van der Waals surface area contributed by atoms with E-state index >= 15 is 0 Å². The smallest absolute Gasteiger partial charge is 0.227 e. The average Bonchev–Trinajstić information content (AvgIpc) is 3.33. The third-order valence-corrected chi connectivity index (χ3v) is 7.77. The fraction of sp³-hybridized carbons (Fsp3) is 0.731. The molecule has 1 atom stereocenters. The third kappa shape index (κ3) is 4.64. The highest BCUT2D eigenvalue weighted by Gasteiger charge is 2.40. The van der Waals surface area contributed by atoms with E-state index in [1.165, 1.54) is 75.5 Å². The van der Waals surface area contributed by atoms with E-state index in [-0.39, 0.29) is 17.2 Å². The summed E-state index contributed by atoms with van der Waals surface area (Å²) in [7, 11) is 0. The van der Waals surface area contributed by atoms with E-state index in [1.807, 2.05) is 0 Å². The zero-order valence-corrected chi connectivity index (χ0v) is 18.6. The van der Waals surface area contributed by atoms with Gasteiger partial charge in [-0.05, 0) is 49.3 Å². The molecule has 1 amide bonds. The molecule has 1 aromatic rings. The zero-order chi connectivity index (χ0) is 20.3. The number of fused-ring (bicyclic) bond motifs is 1. The van der Waals surface area contributed by atoms with Crippen LogP contribution in [0, 0.1) is 11.8 Å². The summed E-state index contributed by atoms with van der Waals surface area (Å²) in [4.78, 5) is 15.4. The van der Waals surface area contributed by atoms with Gasteiger partial charge in [0.25, 0.3) is 0 Å². The van der Waals surface area contributed by atoms with Crippen molar-refractivity contribution in [3.8, 4) is 0 Å². The van der Waals surface area contributed by atoms with E-state index in [2.05, 4.69) is 42.3 Å². The van der Waals surface area contributed by atoms with Gasteiger partial charge in [-0.15, -0.1) is 0 Å². The van der Waals surface area contributed by atoms with Crippen molar-refractivity contribution in [3.05, 3.63) is 23.8 Å². The third-order valence-electron chi connectivity index (χ3n) is 7.77. The number of rotatable bonds is 7. The quantitative estimate of drug-likeness (QED) is 0.558. The van der Waals surface area contributed by atoms with Crippen LogP contribution in [0.25, 0.3) is 0 Å². The van der Waals surface area contributed by atoms with E-state index < -0.39 is 0 Å². The molecule has 0 radical (unpaired) electrons. The average molecular weight is 397 g/mol. The number of carbonyl (C=O) groups is 1. The van der Waals surface area contributed by atoms with E-state index in [9.17, 15) is 4.79 Å². The number of nitrogens with one attached hydrogen (secondary N) is 1. The monoisotopic (exact) mass is 396 g/mol. The van der Waals surface area contributed by atoms with Gasteiger partial charge in [0.1, 0.15) is 0 Å². The van der Waals surface area contributed by atoms with Gasteiger partial charge in [0.2, 0.25) is 5.91 Å². The molecule has 1 aromatic carbocycles. The Labute approximate surface area is 177 Å². The SMILES string of the molecule is CCCCN1CC(C)(CC2CCCC2)c2ccc(NC(=O)C3CCCCC3)cc21. The molecule has 29 heavy (non-hydrogen) atoms.